The van der Waals surface area contributed by atoms with E-state index in [9.17, 15) is 39.2 Å². The van der Waals surface area contributed by atoms with Gasteiger partial charge in [-0.1, -0.05) is 0 Å². The van der Waals surface area contributed by atoms with Crippen molar-refractivity contribution in [2.24, 2.45) is 17.6 Å². The lowest BCUT2D eigenvalue weighted by atomic mass is 9.60. The van der Waals surface area contributed by atoms with Gasteiger partial charge < -0.3 is 31.1 Å². The van der Waals surface area contributed by atoms with Crippen LogP contribution in [0.2, 0.25) is 0 Å². The molecule has 9 nitrogen and oxygen atoms in total. The van der Waals surface area contributed by atoms with Crippen LogP contribution in [0.5, 0.6) is 5.75 Å². The molecule has 0 heterocycles. The number of amides is 1. The molecule has 3 atom stereocenters. The minimum atomic E-state index is -2.64. The van der Waals surface area contributed by atoms with Crippen LogP contribution >= 0.6 is 0 Å². The number of primary amides is 1. The van der Waals surface area contributed by atoms with Gasteiger partial charge in [-0.05, 0) is 24.3 Å². The van der Waals surface area contributed by atoms with Crippen molar-refractivity contribution >= 4 is 23.2 Å². The molecule has 6 N–H and O–H groups in total. The standard InChI is InChI=1S/C21H21FN2O7/c1-24(2)11-6-10(22)16(26)14-9(11)4-7-3-8-5-12(25)15(20(23)30)19(29)21(8,31)18(28)13(7)17(14)27/h6-8,25-26,28,31H,3-5H2,1-2H3,(H2,23,30)/t7-,8?,21+/m1/s1. The Balaban J connectivity index is 1.94. The van der Waals surface area contributed by atoms with E-state index in [1.165, 1.54) is 0 Å². The largest absolute Gasteiger partial charge is 0.511 e. The number of hydrogen-bond donors (Lipinski definition) is 5. The second-order valence-corrected chi connectivity index (χ2v) is 8.38. The fourth-order valence-corrected chi connectivity index (χ4v) is 5.03. The van der Waals surface area contributed by atoms with Crippen LogP contribution < -0.4 is 10.6 Å². The Kier molecular flexibility index (Phi) is 4.40. The zero-order chi connectivity index (χ0) is 23.0. The van der Waals surface area contributed by atoms with Gasteiger partial charge in [0.25, 0.3) is 5.91 Å². The second kappa shape index (κ2) is 6.55. The smallest absolute Gasteiger partial charge is 0.255 e. The third kappa shape index (κ3) is 2.61. The molecule has 1 aromatic rings. The van der Waals surface area contributed by atoms with E-state index in [1.807, 2.05) is 0 Å². The first kappa shape index (κ1) is 20.9. The summed E-state index contributed by atoms with van der Waals surface area (Å²) in [4.78, 5) is 39.3. The van der Waals surface area contributed by atoms with Gasteiger partial charge in [-0.2, -0.15) is 0 Å². The van der Waals surface area contributed by atoms with E-state index in [2.05, 4.69) is 0 Å². The molecule has 0 aliphatic heterocycles. The number of rotatable bonds is 2. The molecule has 0 bridgehead atoms. The number of Topliss-reactive ketones (excluding diaryl/α,β-unsaturated/α-hetero) is 2. The molecule has 1 unspecified atom stereocenters. The number of allylic oxidation sites excluding steroid dienone is 2. The number of halogens is 1. The maximum atomic E-state index is 14.3. The number of benzene rings is 1. The molecule has 1 amide bonds. The quantitative estimate of drug-likeness (QED) is 0.429. The number of aromatic hydroxyl groups is 1. The molecule has 1 aromatic carbocycles. The monoisotopic (exact) mass is 432 g/mol. The number of ketones is 2. The molecule has 0 fully saturated rings. The van der Waals surface area contributed by atoms with Gasteiger partial charge in [0, 0.05) is 43.8 Å². The van der Waals surface area contributed by atoms with Crippen molar-refractivity contribution in [3.8, 4) is 5.75 Å². The van der Waals surface area contributed by atoms with Gasteiger partial charge in [-0.25, -0.2) is 4.39 Å². The average Bonchev–Trinajstić information content (AvgIpc) is 2.66. The highest BCUT2D eigenvalue weighted by atomic mass is 19.1. The predicted octanol–water partition coefficient (Wildman–Crippen LogP) is 0.786. The second-order valence-electron chi connectivity index (χ2n) is 8.38. The lowest BCUT2D eigenvalue weighted by molar-refractivity contribution is -0.144. The first-order valence-electron chi connectivity index (χ1n) is 9.60. The van der Waals surface area contributed by atoms with Crippen molar-refractivity contribution in [1.82, 2.24) is 0 Å². The predicted molar refractivity (Wildman–Crippen MR) is 105 cm³/mol. The Hall–Kier alpha value is -3.40. The van der Waals surface area contributed by atoms with Gasteiger partial charge in [0.1, 0.15) is 17.1 Å². The third-order valence-corrected chi connectivity index (χ3v) is 6.47. The van der Waals surface area contributed by atoms with Crippen molar-refractivity contribution in [3.63, 3.8) is 0 Å². The van der Waals surface area contributed by atoms with Crippen LogP contribution in [0.15, 0.2) is 28.7 Å². The third-order valence-electron chi connectivity index (χ3n) is 6.47. The molecule has 3 aliphatic carbocycles. The fourth-order valence-electron chi connectivity index (χ4n) is 5.03. The lowest BCUT2D eigenvalue weighted by Crippen LogP contribution is -2.57. The number of phenolic OH excluding ortho intramolecular Hbond substituents is 1. The number of phenols is 1. The molecule has 31 heavy (non-hydrogen) atoms. The van der Waals surface area contributed by atoms with E-state index in [-0.39, 0.29) is 30.4 Å². The first-order valence-corrected chi connectivity index (χ1v) is 9.60. The minimum Gasteiger partial charge on any atom is -0.511 e. The Labute approximate surface area is 175 Å². The lowest BCUT2D eigenvalue weighted by Gasteiger charge is -2.45. The highest BCUT2D eigenvalue weighted by Gasteiger charge is 2.59. The SMILES string of the molecule is CN(C)c1cc(F)c(O)c2c1C[C@H]1CC3CC(O)=C(C(N)=O)C(=O)[C@@]3(O)C(O)=C1C2=O. The van der Waals surface area contributed by atoms with Gasteiger partial charge in [0.2, 0.25) is 5.78 Å². The van der Waals surface area contributed by atoms with Crippen LogP contribution in [-0.4, -0.2) is 57.6 Å². The van der Waals surface area contributed by atoms with Crippen molar-refractivity contribution < 1.29 is 39.2 Å². The van der Waals surface area contributed by atoms with E-state index in [0.717, 1.165) is 6.07 Å². The molecule has 164 valence electrons. The molecular formula is C21H21FN2O7. The van der Waals surface area contributed by atoms with Crippen molar-refractivity contribution in [2.45, 2.75) is 24.9 Å². The van der Waals surface area contributed by atoms with E-state index in [4.69, 9.17) is 5.73 Å². The van der Waals surface area contributed by atoms with Gasteiger partial charge in [0.05, 0.1) is 5.56 Å². The molecule has 0 radical (unpaired) electrons. The molecule has 0 aromatic heterocycles. The number of fused-ring (bicyclic) bond motifs is 3. The Morgan fingerprint density at radius 1 is 1.23 bits per heavy atom. The van der Waals surface area contributed by atoms with Gasteiger partial charge in [-0.15, -0.1) is 0 Å². The van der Waals surface area contributed by atoms with Gasteiger partial charge >= 0.3 is 0 Å². The van der Waals surface area contributed by atoms with Crippen LogP contribution in [-0.2, 0) is 16.0 Å². The van der Waals surface area contributed by atoms with E-state index in [0.29, 0.717) is 11.3 Å². The highest BCUT2D eigenvalue weighted by Crippen LogP contribution is 2.52. The van der Waals surface area contributed by atoms with Crippen LogP contribution in [0.25, 0.3) is 0 Å². The molecule has 0 saturated heterocycles. The minimum absolute atomic E-state index is 0.0217. The van der Waals surface area contributed by atoms with Gasteiger partial charge in [-0.3, -0.25) is 14.4 Å². The summed E-state index contributed by atoms with van der Waals surface area (Å²) in [5, 5.41) is 42.4. The number of carbonyl (C=O) groups excluding carboxylic acids is 3. The summed E-state index contributed by atoms with van der Waals surface area (Å²) >= 11 is 0. The summed E-state index contributed by atoms with van der Waals surface area (Å²) < 4.78 is 14.3. The summed E-state index contributed by atoms with van der Waals surface area (Å²) in [5.74, 6) is -8.62. The van der Waals surface area contributed by atoms with E-state index in [1.54, 1.807) is 19.0 Å². The zero-order valence-electron chi connectivity index (χ0n) is 16.8. The maximum absolute atomic E-state index is 14.3. The van der Waals surface area contributed by atoms with Crippen LogP contribution in [0, 0.1) is 17.7 Å². The average molecular weight is 432 g/mol. The number of hydrogen-bond acceptors (Lipinski definition) is 8. The summed E-state index contributed by atoms with van der Waals surface area (Å²) in [5.41, 5.74) is 1.75. The number of aliphatic hydroxyl groups is 3. The first-order chi connectivity index (χ1) is 14.4. The number of aliphatic hydroxyl groups excluding tert-OH is 2. The van der Waals surface area contributed by atoms with Crippen molar-refractivity contribution in [3.05, 3.63) is 45.7 Å². The molecular weight excluding hydrogens is 411 g/mol. The van der Waals surface area contributed by atoms with E-state index >= 15 is 0 Å². The van der Waals surface area contributed by atoms with Crippen LogP contribution in [0.4, 0.5) is 10.1 Å². The normalized spacial score (nSPS) is 27.6. The van der Waals surface area contributed by atoms with Crippen molar-refractivity contribution in [1.29, 1.82) is 0 Å². The fraction of sp³-hybridized carbons (Fsp3) is 0.381. The number of nitrogens with two attached hydrogens (primary N) is 1. The molecule has 3 aliphatic rings. The maximum Gasteiger partial charge on any atom is 0.255 e. The Bertz CT molecular complexity index is 1140. The summed E-state index contributed by atoms with van der Waals surface area (Å²) in [7, 11) is 3.29. The topological polar surface area (TPSA) is 161 Å². The molecule has 4 rings (SSSR count). The molecule has 0 spiro atoms. The van der Waals surface area contributed by atoms with E-state index < -0.39 is 63.6 Å². The number of nitrogens with zero attached hydrogens (tertiary/aromatic N) is 1. The molecule has 10 heteroatoms. The van der Waals surface area contributed by atoms with Crippen LogP contribution in [0.1, 0.15) is 28.8 Å². The Morgan fingerprint density at radius 3 is 2.45 bits per heavy atom. The van der Waals surface area contributed by atoms with Crippen molar-refractivity contribution in [2.75, 3.05) is 19.0 Å². The van der Waals surface area contributed by atoms with Gasteiger partial charge in [0.15, 0.2) is 23.0 Å². The summed E-state index contributed by atoms with van der Waals surface area (Å²) in [6.07, 6.45) is -0.158. The summed E-state index contributed by atoms with van der Waals surface area (Å²) in [6.45, 7) is 0. The number of anilines is 1. The summed E-state index contributed by atoms with van der Waals surface area (Å²) in [6, 6.07) is 1.10. The molecule has 0 saturated carbocycles. The van der Waals surface area contributed by atoms with Crippen LogP contribution in [0.3, 0.4) is 0 Å². The number of carbonyl (C=O) groups is 3. The zero-order valence-corrected chi connectivity index (χ0v) is 16.8. The Morgan fingerprint density at radius 2 is 1.87 bits per heavy atom. The highest BCUT2D eigenvalue weighted by molar-refractivity contribution is 6.24.